The third-order valence-corrected chi connectivity index (χ3v) is 6.05. The van der Waals surface area contributed by atoms with Crippen LogP contribution in [0.3, 0.4) is 0 Å². The van der Waals surface area contributed by atoms with E-state index in [2.05, 4.69) is 45.6 Å². The molecular formula is C23H35ClIN5O2. The molecule has 1 aliphatic rings. The van der Waals surface area contributed by atoms with E-state index in [0.717, 1.165) is 61.6 Å². The first-order valence-corrected chi connectivity index (χ1v) is 11.5. The predicted octanol–water partition coefficient (Wildman–Crippen LogP) is 4.59. The number of ether oxygens (including phenoxy) is 1. The Morgan fingerprint density at radius 3 is 2.59 bits per heavy atom. The van der Waals surface area contributed by atoms with E-state index in [1.54, 1.807) is 7.05 Å². The summed E-state index contributed by atoms with van der Waals surface area (Å²) in [6.07, 6.45) is 2.12. The van der Waals surface area contributed by atoms with Gasteiger partial charge in [0.25, 0.3) is 0 Å². The Balaban J connectivity index is 0.00000363. The SMILES string of the molecule is CCC(CC)c1cc(CNC(=NC)NCC(c2cccc(Cl)c2)N2CCOCC2)on1.I. The molecule has 0 spiro atoms. The molecule has 1 atom stereocenters. The maximum atomic E-state index is 6.26. The monoisotopic (exact) mass is 575 g/mol. The Labute approximate surface area is 213 Å². The second-order valence-corrected chi connectivity index (χ2v) is 8.19. The molecule has 32 heavy (non-hydrogen) atoms. The molecule has 1 fully saturated rings. The Morgan fingerprint density at radius 1 is 1.19 bits per heavy atom. The highest BCUT2D eigenvalue weighted by molar-refractivity contribution is 14.0. The molecule has 1 aromatic heterocycles. The number of hydrogen-bond donors (Lipinski definition) is 2. The van der Waals surface area contributed by atoms with Crippen LogP contribution in [0.1, 0.15) is 55.7 Å². The zero-order valence-electron chi connectivity index (χ0n) is 19.1. The van der Waals surface area contributed by atoms with Gasteiger partial charge in [-0.3, -0.25) is 9.89 Å². The van der Waals surface area contributed by atoms with Crippen molar-refractivity contribution in [1.29, 1.82) is 0 Å². The number of benzene rings is 1. The minimum atomic E-state index is 0. The summed E-state index contributed by atoms with van der Waals surface area (Å²) in [5, 5.41) is 11.8. The second-order valence-electron chi connectivity index (χ2n) is 7.76. The van der Waals surface area contributed by atoms with Crippen LogP contribution in [0.5, 0.6) is 0 Å². The minimum absolute atomic E-state index is 0. The number of aliphatic imine (C=N–C) groups is 1. The highest BCUT2D eigenvalue weighted by atomic mass is 127. The van der Waals surface area contributed by atoms with E-state index in [4.69, 9.17) is 20.9 Å². The highest BCUT2D eigenvalue weighted by Crippen LogP contribution is 2.24. The van der Waals surface area contributed by atoms with Gasteiger partial charge in [0.1, 0.15) is 0 Å². The first kappa shape index (κ1) is 26.9. The van der Waals surface area contributed by atoms with Crippen molar-refractivity contribution in [3.63, 3.8) is 0 Å². The van der Waals surface area contributed by atoms with E-state index in [0.29, 0.717) is 19.0 Å². The van der Waals surface area contributed by atoms with Crippen LogP contribution in [0.25, 0.3) is 0 Å². The predicted molar refractivity (Wildman–Crippen MR) is 140 cm³/mol. The maximum absolute atomic E-state index is 6.26. The van der Waals surface area contributed by atoms with Crippen LogP contribution in [-0.4, -0.2) is 55.9 Å². The molecule has 0 saturated carbocycles. The van der Waals surface area contributed by atoms with Crippen molar-refractivity contribution in [1.82, 2.24) is 20.7 Å². The molecule has 2 heterocycles. The quantitative estimate of drug-likeness (QED) is 0.259. The second kappa shape index (κ2) is 14.0. The first-order valence-electron chi connectivity index (χ1n) is 11.1. The smallest absolute Gasteiger partial charge is 0.191 e. The van der Waals surface area contributed by atoms with E-state index in [9.17, 15) is 0 Å². The Hall–Kier alpha value is -1.36. The average Bonchev–Trinajstić information content (AvgIpc) is 3.26. The van der Waals surface area contributed by atoms with Gasteiger partial charge in [0, 0.05) is 43.7 Å². The van der Waals surface area contributed by atoms with Gasteiger partial charge in [-0.2, -0.15) is 0 Å². The summed E-state index contributed by atoms with van der Waals surface area (Å²) >= 11 is 6.26. The summed E-state index contributed by atoms with van der Waals surface area (Å²) in [5.74, 6) is 1.98. The zero-order chi connectivity index (χ0) is 22.1. The molecule has 0 radical (unpaired) electrons. The lowest BCUT2D eigenvalue weighted by Gasteiger charge is -2.35. The molecule has 2 N–H and O–H groups in total. The third kappa shape index (κ3) is 7.60. The van der Waals surface area contributed by atoms with Gasteiger partial charge in [0.15, 0.2) is 11.7 Å². The number of guanidine groups is 1. The van der Waals surface area contributed by atoms with Crippen molar-refractivity contribution < 1.29 is 9.26 Å². The van der Waals surface area contributed by atoms with Crippen molar-refractivity contribution in [3.8, 4) is 0 Å². The molecule has 0 bridgehead atoms. The Bertz CT molecular complexity index is 837. The van der Waals surface area contributed by atoms with E-state index in [-0.39, 0.29) is 30.0 Å². The van der Waals surface area contributed by atoms with Gasteiger partial charge in [-0.15, -0.1) is 24.0 Å². The number of nitrogens with one attached hydrogen (secondary N) is 2. The number of rotatable bonds is 9. The summed E-state index contributed by atoms with van der Waals surface area (Å²) in [6, 6.07) is 10.3. The summed E-state index contributed by atoms with van der Waals surface area (Å²) in [6.45, 7) is 8.86. The number of hydrogen-bond acceptors (Lipinski definition) is 5. The van der Waals surface area contributed by atoms with Crippen LogP contribution in [0.2, 0.25) is 5.02 Å². The fraction of sp³-hybridized carbons (Fsp3) is 0.565. The van der Waals surface area contributed by atoms with Gasteiger partial charge < -0.3 is 19.9 Å². The summed E-state index contributed by atoms with van der Waals surface area (Å²) in [7, 11) is 1.77. The summed E-state index contributed by atoms with van der Waals surface area (Å²) in [5.41, 5.74) is 2.21. The molecule has 9 heteroatoms. The fourth-order valence-electron chi connectivity index (χ4n) is 3.96. The van der Waals surface area contributed by atoms with E-state index >= 15 is 0 Å². The minimum Gasteiger partial charge on any atom is -0.379 e. The lowest BCUT2D eigenvalue weighted by atomic mass is 9.99. The van der Waals surface area contributed by atoms with Gasteiger partial charge in [0.05, 0.1) is 31.5 Å². The molecule has 1 aliphatic heterocycles. The molecule has 7 nitrogen and oxygen atoms in total. The fourth-order valence-corrected chi connectivity index (χ4v) is 4.16. The van der Waals surface area contributed by atoms with Gasteiger partial charge in [-0.25, -0.2) is 0 Å². The summed E-state index contributed by atoms with van der Waals surface area (Å²) in [4.78, 5) is 6.79. The van der Waals surface area contributed by atoms with Crippen molar-refractivity contribution in [2.75, 3.05) is 39.9 Å². The van der Waals surface area contributed by atoms with E-state index in [1.165, 1.54) is 5.56 Å². The van der Waals surface area contributed by atoms with E-state index in [1.807, 2.05) is 24.3 Å². The molecule has 1 aromatic carbocycles. The van der Waals surface area contributed by atoms with Gasteiger partial charge in [-0.05, 0) is 30.5 Å². The first-order chi connectivity index (χ1) is 15.1. The lowest BCUT2D eigenvalue weighted by molar-refractivity contribution is 0.0170. The van der Waals surface area contributed by atoms with Crippen LogP contribution in [-0.2, 0) is 11.3 Å². The molecule has 3 rings (SSSR count). The summed E-state index contributed by atoms with van der Waals surface area (Å²) < 4.78 is 11.1. The number of nitrogens with zero attached hydrogens (tertiary/aromatic N) is 3. The number of aromatic nitrogens is 1. The van der Waals surface area contributed by atoms with E-state index < -0.39 is 0 Å². The Morgan fingerprint density at radius 2 is 1.94 bits per heavy atom. The van der Waals surface area contributed by atoms with Gasteiger partial charge >= 0.3 is 0 Å². The third-order valence-electron chi connectivity index (χ3n) is 5.82. The zero-order valence-corrected chi connectivity index (χ0v) is 22.2. The van der Waals surface area contributed by atoms with Crippen LogP contribution in [0.4, 0.5) is 0 Å². The molecular weight excluding hydrogens is 541 g/mol. The van der Waals surface area contributed by atoms with Crippen LogP contribution in [0, 0.1) is 0 Å². The van der Waals surface area contributed by atoms with Gasteiger partial charge in [0.2, 0.25) is 0 Å². The van der Waals surface area contributed by atoms with Crippen LogP contribution >= 0.6 is 35.6 Å². The number of halogens is 2. The number of morpholine rings is 1. The maximum Gasteiger partial charge on any atom is 0.191 e. The van der Waals surface area contributed by atoms with Crippen molar-refractivity contribution >= 4 is 41.5 Å². The van der Waals surface area contributed by atoms with Gasteiger partial charge in [-0.1, -0.05) is 42.7 Å². The molecule has 178 valence electrons. The van der Waals surface area contributed by atoms with Crippen molar-refractivity contribution in [2.45, 2.75) is 45.2 Å². The molecule has 2 aromatic rings. The topological polar surface area (TPSA) is 74.9 Å². The van der Waals surface area contributed by atoms with Crippen LogP contribution < -0.4 is 10.6 Å². The molecule has 0 aliphatic carbocycles. The Kier molecular flexibility index (Phi) is 11.8. The standard InChI is InChI=1S/C23H34ClN5O2.HI/c1-4-17(5-2)21-14-20(31-28-21)15-26-23(25-3)27-16-22(29-9-11-30-12-10-29)18-7-6-8-19(24)13-18;/h6-8,13-14,17,22H,4-5,9-12,15-16H2,1-3H3,(H2,25,26,27);1H. The van der Waals surface area contributed by atoms with Crippen molar-refractivity contribution in [3.05, 3.63) is 52.4 Å². The highest BCUT2D eigenvalue weighted by Gasteiger charge is 2.23. The normalized spacial score (nSPS) is 16.0. The largest absolute Gasteiger partial charge is 0.379 e. The molecule has 0 amide bonds. The van der Waals surface area contributed by atoms with Crippen molar-refractivity contribution in [2.24, 2.45) is 4.99 Å². The van der Waals surface area contributed by atoms with Crippen LogP contribution in [0.15, 0.2) is 39.8 Å². The average molecular weight is 576 g/mol. The molecule has 1 saturated heterocycles. The molecule has 1 unspecified atom stereocenters. The lowest BCUT2D eigenvalue weighted by Crippen LogP contribution is -2.46.